The van der Waals surface area contributed by atoms with E-state index in [1.807, 2.05) is 45.9 Å². The molecule has 5 nitrogen and oxygen atoms in total. The summed E-state index contributed by atoms with van der Waals surface area (Å²) in [6.45, 7) is 11.5. The van der Waals surface area contributed by atoms with Gasteiger partial charge < -0.3 is 5.32 Å². The molecule has 0 unspecified atom stereocenters. The van der Waals surface area contributed by atoms with Crippen LogP contribution in [-0.2, 0) is 14.4 Å². The van der Waals surface area contributed by atoms with Crippen molar-refractivity contribution in [2.45, 2.75) is 47.5 Å². The van der Waals surface area contributed by atoms with E-state index >= 15 is 0 Å². The van der Waals surface area contributed by atoms with E-state index in [0.717, 1.165) is 16.8 Å². The summed E-state index contributed by atoms with van der Waals surface area (Å²) < 4.78 is 0. The molecule has 2 rings (SSSR count). The van der Waals surface area contributed by atoms with Crippen LogP contribution in [0, 0.1) is 12.3 Å². The quantitative estimate of drug-likeness (QED) is 0.772. The summed E-state index contributed by atoms with van der Waals surface area (Å²) in [4.78, 5) is 38.5. The average Bonchev–Trinajstić information content (AvgIpc) is 2.88. The fourth-order valence-corrected chi connectivity index (χ4v) is 3.63. The fourth-order valence-electron chi connectivity index (χ4n) is 2.69. The number of rotatable bonds is 5. The van der Waals surface area contributed by atoms with Crippen molar-refractivity contribution < 1.29 is 14.4 Å². The summed E-state index contributed by atoms with van der Waals surface area (Å²) in [5.74, 6) is 0.0290. The molecular weight excluding hydrogens is 360 g/mol. The normalized spacial score (nSPS) is 16.3. The van der Waals surface area contributed by atoms with Crippen LogP contribution in [0.25, 0.3) is 0 Å². The molecule has 0 spiro atoms. The van der Waals surface area contributed by atoms with Crippen molar-refractivity contribution in [2.24, 2.45) is 5.41 Å². The second kappa shape index (κ2) is 8.30. The van der Waals surface area contributed by atoms with Crippen LogP contribution in [0.3, 0.4) is 0 Å². The Morgan fingerprint density at radius 3 is 2.56 bits per heavy atom. The van der Waals surface area contributed by atoms with Crippen LogP contribution in [-0.4, -0.2) is 34.8 Å². The van der Waals surface area contributed by atoms with Crippen molar-refractivity contribution in [3.63, 3.8) is 0 Å². The summed E-state index contributed by atoms with van der Waals surface area (Å²) in [6, 6.07) is 5.92. The number of allylic oxidation sites excluding steroid dienone is 1. The molecule has 0 bridgehead atoms. The maximum atomic E-state index is 12.6. The zero-order valence-electron chi connectivity index (χ0n) is 16.9. The first-order valence-electron chi connectivity index (χ1n) is 9.09. The SMILES string of the molecule is Cc1cccc(C(C)C)c1NC(=O)CN1C(=O)CS/C1=C\C(=O)C(C)(C)C. The maximum absolute atomic E-state index is 12.6. The van der Waals surface area contributed by atoms with E-state index in [1.54, 1.807) is 0 Å². The van der Waals surface area contributed by atoms with E-state index in [0.29, 0.717) is 5.03 Å². The van der Waals surface area contributed by atoms with Gasteiger partial charge in [-0.2, -0.15) is 0 Å². The lowest BCUT2D eigenvalue weighted by Gasteiger charge is -2.21. The highest BCUT2D eigenvalue weighted by Gasteiger charge is 2.31. The highest BCUT2D eigenvalue weighted by atomic mass is 32.2. The number of carbonyl (C=O) groups is 3. The third-order valence-electron chi connectivity index (χ3n) is 4.40. The van der Waals surface area contributed by atoms with Crippen LogP contribution in [0.2, 0.25) is 0 Å². The summed E-state index contributed by atoms with van der Waals surface area (Å²) >= 11 is 1.30. The van der Waals surface area contributed by atoms with Gasteiger partial charge in [-0.3, -0.25) is 19.3 Å². The molecule has 6 heteroatoms. The fraction of sp³-hybridized carbons (Fsp3) is 0.476. The number of benzene rings is 1. The number of nitrogens with zero attached hydrogens (tertiary/aromatic N) is 1. The molecule has 0 aliphatic carbocycles. The topological polar surface area (TPSA) is 66.5 Å². The minimum Gasteiger partial charge on any atom is -0.324 e. The van der Waals surface area contributed by atoms with Crippen LogP contribution in [0.1, 0.15) is 51.7 Å². The van der Waals surface area contributed by atoms with E-state index < -0.39 is 5.41 Å². The van der Waals surface area contributed by atoms with Crippen molar-refractivity contribution in [3.05, 3.63) is 40.4 Å². The zero-order chi connectivity index (χ0) is 20.4. The van der Waals surface area contributed by atoms with E-state index in [-0.39, 0.29) is 35.8 Å². The van der Waals surface area contributed by atoms with Gasteiger partial charge in [0.25, 0.3) is 0 Å². The smallest absolute Gasteiger partial charge is 0.244 e. The van der Waals surface area contributed by atoms with Gasteiger partial charge in [0.15, 0.2) is 5.78 Å². The number of aryl methyl sites for hydroxylation is 1. The first-order chi connectivity index (χ1) is 12.5. The molecular formula is C21H28N2O3S. The monoisotopic (exact) mass is 388 g/mol. The lowest BCUT2D eigenvalue weighted by atomic mass is 9.91. The molecule has 0 saturated carbocycles. The highest BCUT2D eigenvalue weighted by Crippen LogP contribution is 2.31. The molecule has 1 aliphatic rings. The predicted molar refractivity (Wildman–Crippen MR) is 111 cm³/mol. The largest absolute Gasteiger partial charge is 0.324 e. The molecule has 1 aliphatic heterocycles. The Labute approximate surface area is 165 Å². The Morgan fingerprint density at radius 1 is 1.30 bits per heavy atom. The number of para-hydroxylation sites is 1. The molecule has 1 saturated heterocycles. The van der Waals surface area contributed by atoms with Crippen molar-refractivity contribution in [2.75, 3.05) is 17.6 Å². The minimum atomic E-state index is -0.527. The average molecular weight is 389 g/mol. The number of thioether (sulfide) groups is 1. The van der Waals surface area contributed by atoms with Gasteiger partial charge in [-0.15, -0.1) is 0 Å². The van der Waals surface area contributed by atoms with Gasteiger partial charge in [-0.1, -0.05) is 64.6 Å². The van der Waals surface area contributed by atoms with Crippen LogP contribution < -0.4 is 5.32 Å². The van der Waals surface area contributed by atoms with Gasteiger partial charge in [0.1, 0.15) is 6.54 Å². The Bertz CT molecular complexity index is 791. The van der Waals surface area contributed by atoms with Gasteiger partial charge in [0, 0.05) is 17.2 Å². The van der Waals surface area contributed by atoms with Crippen LogP contribution in [0.5, 0.6) is 0 Å². The number of carbonyl (C=O) groups excluding carboxylic acids is 3. The molecule has 27 heavy (non-hydrogen) atoms. The van der Waals surface area contributed by atoms with Gasteiger partial charge in [0.2, 0.25) is 11.8 Å². The number of ketones is 1. The van der Waals surface area contributed by atoms with Gasteiger partial charge in [-0.25, -0.2) is 0 Å². The lowest BCUT2D eigenvalue weighted by Crippen LogP contribution is -2.34. The molecule has 1 aromatic carbocycles. The third-order valence-corrected chi connectivity index (χ3v) is 5.42. The zero-order valence-corrected chi connectivity index (χ0v) is 17.7. The number of amides is 2. The van der Waals surface area contributed by atoms with Gasteiger partial charge >= 0.3 is 0 Å². The molecule has 146 valence electrons. The molecule has 2 amide bonds. The van der Waals surface area contributed by atoms with Crippen molar-refractivity contribution in [3.8, 4) is 0 Å². The second-order valence-electron chi connectivity index (χ2n) is 8.11. The summed E-state index contributed by atoms with van der Waals surface area (Å²) in [5.41, 5.74) is 2.31. The van der Waals surface area contributed by atoms with E-state index in [1.165, 1.54) is 22.7 Å². The molecule has 1 heterocycles. The van der Waals surface area contributed by atoms with E-state index in [2.05, 4.69) is 19.2 Å². The standard InChI is InChI=1S/C21H28N2O3S/c1-13(2)15-9-7-8-14(3)20(15)22-17(25)11-23-18(26)12-27-19(23)10-16(24)21(4,5)6/h7-10,13H,11-12H2,1-6H3,(H,22,25)/b19-10-. The first-order valence-corrected chi connectivity index (χ1v) is 10.1. The maximum Gasteiger partial charge on any atom is 0.244 e. The Kier molecular flexibility index (Phi) is 6.52. The van der Waals surface area contributed by atoms with Gasteiger partial charge in [-0.05, 0) is 24.0 Å². The van der Waals surface area contributed by atoms with Crippen molar-refractivity contribution >= 4 is 35.0 Å². The second-order valence-corrected chi connectivity index (χ2v) is 9.10. The summed E-state index contributed by atoms with van der Waals surface area (Å²) in [5, 5.41) is 3.50. The molecule has 0 radical (unpaired) electrons. The Hall–Kier alpha value is -2.08. The number of hydrogen-bond acceptors (Lipinski definition) is 4. The molecule has 1 N–H and O–H groups in total. The van der Waals surface area contributed by atoms with E-state index in [4.69, 9.17) is 0 Å². The molecule has 1 aromatic rings. The van der Waals surface area contributed by atoms with Crippen LogP contribution in [0.4, 0.5) is 5.69 Å². The lowest BCUT2D eigenvalue weighted by molar-refractivity contribution is -0.129. The van der Waals surface area contributed by atoms with Crippen molar-refractivity contribution in [1.82, 2.24) is 4.90 Å². The summed E-state index contributed by atoms with van der Waals surface area (Å²) in [6.07, 6.45) is 1.48. The third kappa shape index (κ3) is 5.22. The Balaban J connectivity index is 2.18. The predicted octanol–water partition coefficient (Wildman–Crippen LogP) is 4.09. The van der Waals surface area contributed by atoms with Gasteiger partial charge in [0.05, 0.1) is 10.8 Å². The minimum absolute atomic E-state index is 0.0638. The van der Waals surface area contributed by atoms with Crippen LogP contribution >= 0.6 is 11.8 Å². The highest BCUT2D eigenvalue weighted by molar-refractivity contribution is 8.04. The number of hydrogen-bond donors (Lipinski definition) is 1. The number of anilines is 1. The van der Waals surface area contributed by atoms with E-state index in [9.17, 15) is 14.4 Å². The molecule has 0 aromatic heterocycles. The summed E-state index contributed by atoms with van der Waals surface area (Å²) in [7, 11) is 0. The van der Waals surface area contributed by atoms with Crippen molar-refractivity contribution in [1.29, 1.82) is 0 Å². The van der Waals surface area contributed by atoms with Crippen LogP contribution in [0.15, 0.2) is 29.3 Å². The number of nitrogens with one attached hydrogen (secondary N) is 1. The molecule has 0 atom stereocenters. The Morgan fingerprint density at radius 2 is 1.96 bits per heavy atom. The molecule has 1 fully saturated rings. The first kappa shape index (κ1) is 21.2.